The highest BCUT2D eigenvalue weighted by molar-refractivity contribution is 5.57. The molecule has 0 radical (unpaired) electrons. The van der Waals surface area contributed by atoms with Crippen molar-refractivity contribution in [3.05, 3.63) is 213 Å². The maximum atomic E-state index is 2.33. The number of hydrogen-bond acceptors (Lipinski definition) is 0. The minimum absolute atomic E-state index is 0.930. The van der Waals surface area contributed by atoms with E-state index in [0.29, 0.717) is 0 Å². The minimum atomic E-state index is 0.930. The van der Waals surface area contributed by atoms with Crippen molar-refractivity contribution in [2.24, 2.45) is 0 Å². The van der Waals surface area contributed by atoms with Gasteiger partial charge in [-0.2, -0.15) is 0 Å². The molecule has 6 aliphatic carbocycles. The molecule has 0 saturated carbocycles. The van der Waals surface area contributed by atoms with E-state index < -0.39 is 0 Å². The predicted octanol–water partition coefficient (Wildman–Crippen LogP) is 11.9. The first-order valence-corrected chi connectivity index (χ1v) is 16.0. The molecule has 44 heavy (non-hydrogen) atoms. The van der Waals surface area contributed by atoms with E-state index in [-0.39, 0.29) is 0 Å². The highest BCUT2D eigenvalue weighted by atomic mass is 14.2. The number of rotatable bonds is 5. The van der Waals surface area contributed by atoms with Crippen LogP contribution in [0, 0.1) is 0 Å². The van der Waals surface area contributed by atoms with E-state index in [1.54, 1.807) is 0 Å². The first-order valence-electron chi connectivity index (χ1n) is 16.0. The van der Waals surface area contributed by atoms with Crippen LogP contribution in [0.3, 0.4) is 0 Å². The van der Waals surface area contributed by atoms with Crippen LogP contribution in [0.15, 0.2) is 213 Å². The molecular formula is C44H42. The van der Waals surface area contributed by atoms with Gasteiger partial charge < -0.3 is 0 Å². The number of hydrogen-bond donors (Lipinski definition) is 0. The lowest BCUT2D eigenvalue weighted by Gasteiger charge is -2.20. The molecule has 0 unspecified atom stereocenters. The van der Waals surface area contributed by atoms with Crippen LogP contribution >= 0.6 is 0 Å². The van der Waals surface area contributed by atoms with Gasteiger partial charge in [-0.1, -0.05) is 157 Å². The van der Waals surface area contributed by atoms with Gasteiger partial charge in [-0.3, -0.25) is 0 Å². The third-order valence-electron chi connectivity index (χ3n) is 8.93. The summed E-state index contributed by atoms with van der Waals surface area (Å²) in [6.45, 7) is 4.45. The van der Waals surface area contributed by atoms with Crippen molar-refractivity contribution in [1.29, 1.82) is 0 Å². The van der Waals surface area contributed by atoms with E-state index in [4.69, 9.17) is 0 Å². The van der Waals surface area contributed by atoms with Crippen molar-refractivity contribution >= 4 is 0 Å². The van der Waals surface area contributed by atoms with Crippen LogP contribution in [0.1, 0.15) is 52.4 Å². The summed E-state index contributed by atoms with van der Waals surface area (Å²) >= 11 is 0. The summed E-state index contributed by atoms with van der Waals surface area (Å²) in [7, 11) is 0. The van der Waals surface area contributed by atoms with E-state index in [1.165, 1.54) is 66.9 Å². The molecule has 0 atom stereocenters. The summed E-state index contributed by atoms with van der Waals surface area (Å²) in [6.07, 6.45) is 59.7. The van der Waals surface area contributed by atoms with Crippen LogP contribution < -0.4 is 0 Å². The van der Waals surface area contributed by atoms with Gasteiger partial charge in [0.1, 0.15) is 0 Å². The van der Waals surface area contributed by atoms with E-state index in [9.17, 15) is 0 Å². The molecule has 0 amide bonds. The lowest BCUT2D eigenvalue weighted by Crippen LogP contribution is -2.01. The quantitative estimate of drug-likeness (QED) is 0.308. The molecule has 0 bridgehead atoms. The third kappa shape index (κ3) is 7.44. The molecule has 0 aromatic heterocycles. The molecule has 0 heterocycles. The average molecular weight is 571 g/mol. The van der Waals surface area contributed by atoms with Crippen molar-refractivity contribution < 1.29 is 0 Å². The third-order valence-corrected chi connectivity index (χ3v) is 8.93. The smallest absolute Gasteiger partial charge is 0.00201 e. The lowest BCUT2D eigenvalue weighted by atomic mass is 9.85. The van der Waals surface area contributed by atoms with Gasteiger partial charge in [0.25, 0.3) is 0 Å². The molecule has 0 spiro atoms. The molecular weight excluding hydrogens is 528 g/mol. The van der Waals surface area contributed by atoms with Crippen molar-refractivity contribution in [1.82, 2.24) is 0 Å². The maximum absolute atomic E-state index is 2.33. The summed E-state index contributed by atoms with van der Waals surface area (Å²) in [4.78, 5) is 0. The fourth-order valence-corrected chi connectivity index (χ4v) is 6.49. The highest BCUT2D eigenvalue weighted by Crippen LogP contribution is 2.38. The van der Waals surface area contributed by atoms with Crippen LogP contribution in [0.5, 0.6) is 0 Å². The number of allylic oxidation sites excluding steroid dienone is 36. The van der Waals surface area contributed by atoms with Crippen molar-refractivity contribution in [3.8, 4) is 0 Å². The Morgan fingerprint density at radius 3 is 0.591 bits per heavy atom. The Labute approximate surface area is 264 Å². The average Bonchev–Trinajstić information content (AvgIpc) is 3.68. The van der Waals surface area contributed by atoms with E-state index in [2.05, 4.69) is 160 Å². The van der Waals surface area contributed by atoms with Gasteiger partial charge in [0.15, 0.2) is 0 Å². The Kier molecular flexibility index (Phi) is 9.48. The molecule has 0 N–H and O–H groups in total. The zero-order valence-corrected chi connectivity index (χ0v) is 26.1. The Morgan fingerprint density at radius 1 is 0.227 bits per heavy atom. The Balaban J connectivity index is 1.18. The molecule has 0 aromatic carbocycles. The van der Waals surface area contributed by atoms with Gasteiger partial charge in [-0.25, -0.2) is 0 Å². The van der Waals surface area contributed by atoms with Crippen LogP contribution in [-0.2, 0) is 0 Å². The fraction of sp³-hybridized carbons (Fsp3) is 0.182. The molecule has 6 rings (SSSR count). The predicted molar refractivity (Wildman–Crippen MR) is 191 cm³/mol. The molecule has 0 heteroatoms. The topological polar surface area (TPSA) is 0 Å². The van der Waals surface area contributed by atoms with Gasteiger partial charge >= 0.3 is 0 Å². The van der Waals surface area contributed by atoms with Gasteiger partial charge in [0.05, 0.1) is 0 Å². The second-order valence-corrected chi connectivity index (χ2v) is 12.3. The van der Waals surface area contributed by atoms with Crippen LogP contribution in [0.4, 0.5) is 0 Å². The molecule has 0 aliphatic heterocycles. The van der Waals surface area contributed by atoms with Gasteiger partial charge in [-0.05, 0) is 108 Å². The molecule has 0 saturated heterocycles. The second kappa shape index (κ2) is 14.2. The first-order chi connectivity index (χ1) is 21.6. The maximum Gasteiger partial charge on any atom is -0.00201 e. The van der Waals surface area contributed by atoms with E-state index in [1.807, 2.05) is 0 Å². The Bertz CT molecular complexity index is 1630. The standard InChI is InChI=1S/C44H42/c1-33-15-3-5-17-35(27-33)37-19-7-9-21-39(29-37)41-23-11-13-25-43(31-41)44-26-14-12-24-42(32-44)40-22-10-8-20-38(30-40)36-18-6-4-16-34(2)28-36/h3-26H,27-32H2,1-2H3. The zero-order chi connectivity index (χ0) is 30.1. The van der Waals surface area contributed by atoms with Crippen molar-refractivity contribution in [3.63, 3.8) is 0 Å². The first kappa shape index (κ1) is 29.4. The summed E-state index contributed by atoms with van der Waals surface area (Å²) in [6, 6.07) is 0. The summed E-state index contributed by atoms with van der Waals surface area (Å²) in [5.41, 5.74) is 16.9. The van der Waals surface area contributed by atoms with Crippen molar-refractivity contribution in [2.75, 3.05) is 0 Å². The SMILES string of the molecule is CC1=CC=CC=C(C2=CC=CC=C(C3=CC=CC=C(C4=CC=CC=C(C5=CC=CC=C(C6=CC=CC=C(C)C6)C5)C4)C3)C2)C1. The zero-order valence-electron chi connectivity index (χ0n) is 26.1. The van der Waals surface area contributed by atoms with E-state index in [0.717, 1.165) is 38.5 Å². The minimum Gasteiger partial charge on any atom is -0.0689 e. The molecule has 0 nitrogen and oxygen atoms in total. The largest absolute Gasteiger partial charge is 0.0689 e. The van der Waals surface area contributed by atoms with Crippen LogP contribution in [0.2, 0.25) is 0 Å². The summed E-state index contributed by atoms with van der Waals surface area (Å²) in [5, 5.41) is 0. The fourth-order valence-electron chi connectivity index (χ4n) is 6.49. The van der Waals surface area contributed by atoms with Gasteiger partial charge in [0, 0.05) is 0 Å². The Morgan fingerprint density at radius 2 is 0.386 bits per heavy atom. The lowest BCUT2D eigenvalue weighted by molar-refractivity contribution is 0.995. The van der Waals surface area contributed by atoms with Gasteiger partial charge in [0.2, 0.25) is 0 Å². The molecule has 0 aromatic rings. The van der Waals surface area contributed by atoms with E-state index >= 15 is 0 Å². The van der Waals surface area contributed by atoms with Crippen molar-refractivity contribution in [2.45, 2.75) is 52.4 Å². The monoisotopic (exact) mass is 570 g/mol. The molecule has 6 aliphatic rings. The highest BCUT2D eigenvalue weighted by Gasteiger charge is 2.19. The van der Waals surface area contributed by atoms with Gasteiger partial charge in [-0.15, -0.1) is 0 Å². The van der Waals surface area contributed by atoms with Crippen LogP contribution in [-0.4, -0.2) is 0 Å². The normalized spacial score (nSPS) is 22.0. The summed E-state index contributed by atoms with van der Waals surface area (Å²) in [5.74, 6) is 0. The molecule has 0 fully saturated rings. The Hall–Kier alpha value is -4.68. The summed E-state index contributed by atoms with van der Waals surface area (Å²) < 4.78 is 0. The molecule has 218 valence electrons. The van der Waals surface area contributed by atoms with Crippen LogP contribution in [0.25, 0.3) is 0 Å². The second-order valence-electron chi connectivity index (χ2n) is 12.3.